The Bertz CT molecular complexity index is 1330. The molecular formula is C23H20FN7O2. The van der Waals surface area contributed by atoms with Crippen LogP contribution in [0.3, 0.4) is 0 Å². The Balaban J connectivity index is 1.23. The standard InChI is InChI=1S/C23H20FN7O2/c1-29-21(20(27-28-29)15-2-5-17(24)6-3-15)18-9-30(14-26-18)19-7-4-16(8-25-19)22(32)31-10-23(11-31)12-33-13-23/h2-9,14H,10-13H2,1H3. The maximum Gasteiger partial charge on any atom is 0.255 e. The highest BCUT2D eigenvalue weighted by molar-refractivity contribution is 5.94. The van der Waals surface area contributed by atoms with Crippen molar-refractivity contribution in [3.8, 4) is 28.5 Å². The molecule has 1 spiro atoms. The number of ether oxygens (including phenoxy) is 1. The van der Waals surface area contributed by atoms with Crippen LogP contribution >= 0.6 is 0 Å². The van der Waals surface area contributed by atoms with E-state index >= 15 is 0 Å². The van der Waals surface area contributed by atoms with Gasteiger partial charge in [0.1, 0.15) is 35.0 Å². The lowest BCUT2D eigenvalue weighted by Gasteiger charge is -2.54. The summed E-state index contributed by atoms with van der Waals surface area (Å²) in [6, 6.07) is 9.67. The molecule has 0 bridgehead atoms. The van der Waals surface area contributed by atoms with E-state index in [2.05, 4.69) is 20.3 Å². The molecule has 0 radical (unpaired) electrons. The Labute approximate surface area is 188 Å². The predicted octanol–water partition coefficient (Wildman–Crippen LogP) is 2.34. The van der Waals surface area contributed by atoms with Crippen LogP contribution in [-0.4, -0.2) is 66.6 Å². The van der Waals surface area contributed by atoms with Gasteiger partial charge < -0.3 is 9.64 Å². The first kappa shape index (κ1) is 19.7. The van der Waals surface area contributed by atoms with E-state index in [-0.39, 0.29) is 17.1 Å². The summed E-state index contributed by atoms with van der Waals surface area (Å²) in [7, 11) is 1.78. The average molecular weight is 445 g/mol. The third-order valence-corrected chi connectivity index (χ3v) is 6.19. The van der Waals surface area contributed by atoms with E-state index in [4.69, 9.17) is 4.74 Å². The van der Waals surface area contributed by atoms with Gasteiger partial charge in [0.2, 0.25) is 0 Å². The lowest BCUT2D eigenvalue weighted by Crippen LogP contribution is -2.67. The summed E-state index contributed by atoms with van der Waals surface area (Å²) in [5.74, 6) is 0.311. The molecule has 0 saturated carbocycles. The molecule has 1 aromatic carbocycles. The van der Waals surface area contributed by atoms with Crippen molar-refractivity contribution in [1.29, 1.82) is 0 Å². The number of halogens is 1. The summed E-state index contributed by atoms with van der Waals surface area (Å²) in [6.45, 7) is 2.97. The van der Waals surface area contributed by atoms with Gasteiger partial charge in [-0.2, -0.15) is 0 Å². The van der Waals surface area contributed by atoms with Crippen LogP contribution < -0.4 is 0 Å². The first-order valence-electron chi connectivity index (χ1n) is 10.5. The van der Waals surface area contributed by atoms with Crippen LogP contribution in [0.15, 0.2) is 55.1 Å². The third-order valence-electron chi connectivity index (χ3n) is 6.19. The zero-order chi connectivity index (χ0) is 22.6. The number of likely N-dealkylation sites (tertiary alicyclic amines) is 1. The van der Waals surface area contributed by atoms with E-state index in [1.165, 1.54) is 12.1 Å². The Hall–Kier alpha value is -3.92. The topological polar surface area (TPSA) is 91.0 Å². The molecule has 0 unspecified atom stereocenters. The highest BCUT2D eigenvalue weighted by atomic mass is 19.1. The number of carbonyl (C=O) groups excluding carboxylic acids is 1. The predicted molar refractivity (Wildman–Crippen MR) is 116 cm³/mol. The molecule has 2 fully saturated rings. The molecule has 166 valence electrons. The van der Waals surface area contributed by atoms with Crippen LogP contribution in [0.4, 0.5) is 4.39 Å². The van der Waals surface area contributed by atoms with Crippen LogP contribution in [0, 0.1) is 11.2 Å². The normalized spacial score (nSPS) is 16.5. The Kier molecular flexibility index (Phi) is 4.37. The molecule has 9 nitrogen and oxygen atoms in total. The molecule has 2 aliphatic heterocycles. The van der Waals surface area contributed by atoms with Crippen molar-refractivity contribution in [3.05, 3.63) is 66.5 Å². The fourth-order valence-electron chi connectivity index (χ4n) is 4.35. The lowest BCUT2D eigenvalue weighted by molar-refractivity contribution is -0.176. The first-order valence-corrected chi connectivity index (χ1v) is 10.5. The third kappa shape index (κ3) is 3.30. The number of hydrogen-bond donors (Lipinski definition) is 0. The number of amides is 1. The van der Waals surface area contributed by atoms with E-state index in [0.717, 1.165) is 31.9 Å². The zero-order valence-electron chi connectivity index (χ0n) is 17.8. The molecule has 33 heavy (non-hydrogen) atoms. The molecule has 4 aromatic rings. The highest BCUT2D eigenvalue weighted by Gasteiger charge is 2.50. The number of nitrogens with zero attached hydrogens (tertiary/aromatic N) is 7. The molecule has 2 saturated heterocycles. The summed E-state index contributed by atoms with van der Waals surface area (Å²) in [6.07, 6.45) is 5.07. The molecular weight excluding hydrogens is 425 g/mol. The van der Waals surface area contributed by atoms with Crippen LogP contribution in [-0.2, 0) is 11.8 Å². The summed E-state index contributed by atoms with van der Waals surface area (Å²) < 4.78 is 22.0. The van der Waals surface area contributed by atoms with E-state index < -0.39 is 0 Å². The molecule has 2 aliphatic rings. The average Bonchev–Trinajstić information content (AvgIpc) is 3.39. The van der Waals surface area contributed by atoms with Gasteiger partial charge in [-0.15, -0.1) is 5.10 Å². The summed E-state index contributed by atoms with van der Waals surface area (Å²) in [5.41, 5.74) is 3.46. The number of pyridine rings is 1. The van der Waals surface area contributed by atoms with Crippen molar-refractivity contribution in [2.75, 3.05) is 26.3 Å². The maximum atomic E-state index is 13.3. The van der Waals surface area contributed by atoms with Crippen LogP contribution in [0.1, 0.15) is 10.4 Å². The lowest BCUT2D eigenvalue weighted by atomic mass is 9.78. The number of aryl methyl sites for hydroxylation is 1. The van der Waals surface area contributed by atoms with Crippen molar-refractivity contribution in [1.82, 2.24) is 34.4 Å². The fraction of sp³-hybridized carbons (Fsp3) is 0.261. The highest BCUT2D eigenvalue weighted by Crippen LogP contribution is 2.38. The van der Waals surface area contributed by atoms with Crippen molar-refractivity contribution in [2.45, 2.75) is 0 Å². The van der Waals surface area contributed by atoms with Crippen LogP contribution in [0.5, 0.6) is 0 Å². The van der Waals surface area contributed by atoms with Crippen LogP contribution in [0.2, 0.25) is 0 Å². The zero-order valence-corrected chi connectivity index (χ0v) is 17.8. The maximum absolute atomic E-state index is 13.3. The van der Waals surface area contributed by atoms with Gasteiger partial charge in [-0.25, -0.2) is 19.0 Å². The number of hydrogen-bond acceptors (Lipinski definition) is 6. The van der Waals surface area contributed by atoms with Crippen molar-refractivity contribution >= 4 is 5.91 Å². The van der Waals surface area contributed by atoms with Gasteiger partial charge in [0.05, 0.1) is 24.2 Å². The van der Waals surface area contributed by atoms with E-state index in [1.807, 2.05) is 11.1 Å². The fourth-order valence-corrected chi connectivity index (χ4v) is 4.35. The molecule has 6 rings (SSSR count). The van der Waals surface area contributed by atoms with Gasteiger partial charge in [0.15, 0.2) is 0 Å². The quantitative estimate of drug-likeness (QED) is 0.479. The summed E-state index contributed by atoms with van der Waals surface area (Å²) in [4.78, 5) is 23.5. The van der Waals surface area contributed by atoms with Crippen molar-refractivity contribution in [2.24, 2.45) is 12.5 Å². The molecule has 0 N–H and O–H groups in total. The smallest absolute Gasteiger partial charge is 0.255 e. The van der Waals surface area contributed by atoms with E-state index in [9.17, 15) is 9.18 Å². The van der Waals surface area contributed by atoms with Gasteiger partial charge >= 0.3 is 0 Å². The minimum Gasteiger partial charge on any atom is -0.380 e. The Morgan fingerprint density at radius 1 is 1.09 bits per heavy atom. The molecule has 0 aliphatic carbocycles. The summed E-state index contributed by atoms with van der Waals surface area (Å²) >= 11 is 0. The van der Waals surface area contributed by atoms with Crippen LogP contribution in [0.25, 0.3) is 28.5 Å². The van der Waals surface area contributed by atoms with Crippen molar-refractivity contribution in [3.63, 3.8) is 0 Å². The van der Waals surface area contributed by atoms with E-state index in [0.29, 0.717) is 28.5 Å². The number of aromatic nitrogens is 6. The molecule has 0 atom stereocenters. The van der Waals surface area contributed by atoms with E-state index in [1.54, 1.807) is 53.1 Å². The second-order valence-corrected chi connectivity index (χ2v) is 8.64. The van der Waals surface area contributed by atoms with Gasteiger partial charge in [-0.1, -0.05) is 5.21 Å². The minimum atomic E-state index is -0.313. The molecule has 3 aromatic heterocycles. The summed E-state index contributed by atoms with van der Waals surface area (Å²) in [5, 5.41) is 8.34. The number of imidazole rings is 1. The van der Waals surface area contributed by atoms with Gasteiger partial charge in [-0.05, 0) is 36.4 Å². The number of carbonyl (C=O) groups is 1. The SMILES string of the molecule is Cn1nnc(-c2ccc(F)cc2)c1-c1cn(-c2ccc(C(=O)N3CC4(COC4)C3)cn2)cn1. The number of rotatable bonds is 4. The molecule has 1 amide bonds. The Morgan fingerprint density at radius 3 is 2.55 bits per heavy atom. The largest absolute Gasteiger partial charge is 0.380 e. The molecule has 10 heteroatoms. The second-order valence-electron chi connectivity index (χ2n) is 8.64. The Morgan fingerprint density at radius 2 is 1.88 bits per heavy atom. The van der Waals surface area contributed by atoms with Gasteiger partial charge in [0, 0.05) is 38.1 Å². The molecule has 5 heterocycles. The first-order chi connectivity index (χ1) is 16.0. The monoisotopic (exact) mass is 445 g/mol. The number of benzene rings is 1. The second kappa shape index (κ2) is 7.31. The van der Waals surface area contributed by atoms with Gasteiger partial charge in [0.25, 0.3) is 5.91 Å². The van der Waals surface area contributed by atoms with Crippen molar-refractivity contribution < 1.29 is 13.9 Å². The minimum absolute atomic E-state index is 0.0113. The van der Waals surface area contributed by atoms with Gasteiger partial charge in [-0.3, -0.25) is 9.36 Å².